The van der Waals surface area contributed by atoms with Gasteiger partial charge in [0.25, 0.3) is 0 Å². The van der Waals surface area contributed by atoms with Crippen LogP contribution in [0.1, 0.15) is 37.8 Å². The lowest BCUT2D eigenvalue weighted by Crippen LogP contribution is -2.35. The van der Waals surface area contributed by atoms with Crippen molar-refractivity contribution in [3.05, 3.63) is 35.4 Å². The lowest BCUT2D eigenvalue weighted by Gasteiger charge is -2.22. The van der Waals surface area contributed by atoms with Gasteiger partial charge in [0.05, 0.1) is 0 Å². The molecular weight excluding hydrogens is 194 g/mol. The molecular formula is C15H23N. The van der Waals surface area contributed by atoms with Crippen LogP contribution in [0.3, 0.4) is 0 Å². The molecule has 1 atom stereocenters. The summed E-state index contributed by atoms with van der Waals surface area (Å²) in [5, 5.41) is 3.74. The van der Waals surface area contributed by atoms with Gasteiger partial charge in [-0.1, -0.05) is 38.1 Å². The van der Waals surface area contributed by atoms with Gasteiger partial charge in [-0.25, -0.2) is 0 Å². The molecule has 0 spiro atoms. The summed E-state index contributed by atoms with van der Waals surface area (Å²) < 4.78 is 0. The first-order chi connectivity index (χ1) is 7.68. The van der Waals surface area contributed by atoms with E-state index in [1.807, 2.05) is 0 Å². The van der Waals surface area contributed by atoms with Gasteiger partial charge in [-0.2, -0.15) is 0 Å². The smallest absolute Gasteiger partial charge is 0.0210 e. The molecule has 1 saturated carbocycles. The van der Waals surface area contributed by atoms with Gasteiger partial charge in [0.15, 0.2) is 0 Å². The van der Waals surface area contributed by atoms with Crippen molar-refractivity contribution in [1.29, 1.82) is 0 Å². The Balaban J connectivity index is 1.93. The third kappa shape index (κ3) is 2.85. The number of hydrogen-bond donors (Lipinski definition) is 1. The minimum absolute atomic E-state index is 0.708. The van der Waals surface area contributed by atoms with E-state index in [-0.39, 0.29) is 0 Å². The quantitative estimate of drug-likeness (QED) is 0.795. The van der Waals surface area contributed by atoms with Crippen molar-refractivity contribution in [3.8, 4) is 0 Å². The minimum Gasteiger partial charge on any atom is -0.309 e. The first-order valence-electron chi connectivity index (χ1n) is 6.46. The van der Waals surface area contributed by atoms with Crippen molar-refractivity contribution in [2.45, 2.75) is 46.2 Å². The monoisotopic (exact) mass is 217 g/mol. The summed E-state index contributed by atoms with van der Waals surface area (Å²) in [6.45, 7) is 7.87. The second kappa shape index (κ2) is 5.01. The summed E-state index contributed by atoms with van der Waals surface area (Å²) >= 11 is 0. The van der Waals surface area contributed by atoms with E-state index >= 15 is 0 Å². The maximum Gasteiger partial charge on any atom is 0.0210 e. The first-order valence-corrected chi connectivity index (χ1v) is 6.46. The molecule has 0 saturated heterocycles. The van der Waals surface area contributed by atoms with Gasteiger partial charge in [-0.05, 0) is 42.7 Å². The molecule has 1 aromatic carbocycles. The highest BCUT2D eigenvalue weighted by molar-refractivity contribution is 5.25. The van der Waals surface area contributed by atoms with Gasteiger partial charge in [-0.15, -0.1) is 0 Å². The van der Waals surface area contributed by atoms with Crippen molar-refractivity contribution in [3.63, 3.8) is 0 Å². The number of aryl methyl sites for hydroxylation is 1. The Kier molecular flexibility index (Phi) is 3.65. The van der Waals surface area contributed by atoms with Crippen LogP contribution in [0.2, 0.25) is 0 Å². The summed E-state index contributed by atoms with van der Waals surface area (Å²) in [4.78, 5) is 0. The third-order valence-corrected chi connectivity index (χ3v) is 3.64. The van der Waals surface area contributed by atoms with E-state index in [9.17, 15) is 0 Å². The molecule has 1 N–H and O–H groups in total. The lowest BCUT2D eigenvalue weighted by atomic mass is 9.99. The topological polar surface area (TPSA) is 12.0 Å². The highest BCUT2D eigenvalue weighted by Crippen LogP contribution is 2.35. The third-order valence-electron chi connectivity index (χ3n) is 3.64. The van der Waals surface area contributed by atoms with Crippen LogP contribution in [-0.2, 0) is 6.54 Å². The zero-order valence-electron chi connectivity index (χ0n) is 10.7. The molecule has 1 unspecified atom stereocenters. The zero-order chi connectivity index (χ0) is 11.5. The maximum atomic E-state index is 3.74. The normalized spacial score (nSPS) is 17.8. The summed E-state index contributed by atoms with van der Waals surface area (Å²) in [7, 11) is 0. The van der Waals surface area contributed by atoms with Gasteiger partial charge in [-0.3, -0.25) is 0 Å². The second-order valence-electron chi connectivity index (χ2n) is 5.41. The Labute approximate surface area is 99.3 Å². The van der Waals surface area contributed by atoms with Crippen LogP contribution < -0.4 is 5.32 Å². The van der Waals surface area contributed by atoms with Crippen LogP contribution in [0.25, 0.3) is 0 Å². The Morgan fingerprint density at radius 2 is 1.94 bits per heavy atom. The molecule has 16 heavy (non-hydrogen) atoms. The molecule has 0 amide bonds. The number of rotatable bonds is 5. The van der Waals surface area contributed by atoms with Crippen LogP contribution in [0.5, 0.6) is 0 Å². The standard InChI is InChI=1S/C15H23N/c1-11(2)15(13-8-9-13)16-10-14-7-5-4-6-12(14)3/h4-7,11,13,15-16H,8-10H2,1-3H3. The van der Waals surface area contributed by atoms with Gasteiger partial charge in [0.1, 0.15) is 0 Å². The molecule has 0 heterocycles. The first kappa shape index (κ1) is 11.7. The number of nitrogens with one attached hydrogen (secondary N) is 1. The van der Waals surface area contributed by atoms with E-state index in [1.165, 1.54) is 24.0 Å². The van der Waals surface area contributed by atoms with Gasteiger partial charge in [0, 0.05) is 12.6 Å². The van der Waals surface area contributed by atoms with Crippen LogP contribution in [0.4, 0.5) is 0 Å². The van der Waals surface area contributed by atoms with Crippen LogP contribution in [-0.4, -0.2) is 6.04 Å². The van der Waals surface area contributed by atoms with E-state index in [0.29, 0.717) is 6.04 Å². The number of hydrogen-bond acceptors (Lipinski definition) is 1. The molecule has 0 aliphatic heterocycles. The van der Waals surface area contributed by atoms with E-state index in [4.69, 9.17) is 0 Å². The molecule has 1 aliphatic carbocycles. The lowest BCUT2D eigenvalue weighted by molar-refractivity contribution is 0.359. The van der Waals surface area contributed by atoms with Crippen LogP contribution in [0, 0.1) is 18.8 Å². The average Bonchev–Trinajstić information content (AvgIpc) is 3.04. The predicted molar refractivity (Wildman–Crippen MR) is 69.4 cm³/mol. The Morgan fingerprint density at radius 3 is 2.50 bits per heavy atom. The molecule has 1 fully saturated rings. The SMILES string of the molecule is Cc1ccccc1CNC(C(C)C)C1CC1. The average molecular weight is 217 g/mol. The maximum absolute atomic E-state index is 3.74. The summed E-state index contributed by atoms with van der Waals surface area (Å²) in [5.41, 5.74) is 2.84. The van der Waals surface area contributed by atoms with E-state index in [1.54, 1.807) is 0 Å². The Hall–Kier alpha value is -0.820. The number of benzene rings is 1. The molecule has 88 valence electrons. The van der Waals surface area contributed by atoms with Crippen molar-refractivity contribution in [1.82, 2.24) is 5.32 Å². The van der Waals surface area contributed by atoms with Crippen molar-refractivity contribution in [2.75, 3.05) is 0 Å². The molecule has 1 heteroatoms. The van der Waals surface area contributed by atoms with E-state index in [0.717, 1.165) is 18.4 Å². The summed E-state index contributed by atoms with van der Waals surface area (Å²) in [5.74, 6) is 1.68. The molecule has 1 aromatic rings. The predicted octanol–water partition coefficient (Wildman–Crippen LogP) is 3.52. The molecule has 0 radical (unpaired) electrons. The van der Waals surface area contributed by atoms with Gasteiger partial charge < -0.3 is 5.32 Å². The molecule has 1 nitrogen and oxygen atoms in total. The van der Waals surface area contributed by atoms with E-state index in [2.05, 4.69) is 50.4 Å². The highest BCUT2D eigenvalue weighted by Gasteiger charge is 2.32. The Morgan fingerprint density at radius 1 is 1.25 bits per heavy atom. The van der Waals surface area contributed by atoms with E-state index < -0.39 is 0 Å². The minimum atomic E-state index is 0.708. The molecule has 0 aromatic heterocycles. The van der Waals surface area contributed by atoms with Crippen LogP contribution in [0.15, 0.2) is 24.3 Å². The largest absolute Gasteiger partial charge is 0.309 e. The fraction of sp³-hybridized carbons (Fsp3) is 0.600. The molecule has 0 bridgehead atoms. The van der Waals surface area contributed by atoms with Crippen molar-refractivity contribution in [2.24, 2.45) is 11.8 Å². The molecule has 1 aliphatic rings. The summed E-state index contributed by atoms with van der Waals surface area (Å²) in [6.07, 6.45) is 2.84. The van der Waals surface area contributed by atoms with Crippen LogP contribution >= 0.6 is 0 Å². The zero-order valence-corrected chi connectivity index (χ0v) is 10.7. The fourth-order valence-corrected chi connectivity index (χ4v) is 2.44. The fourth-order valence-electron chi connectivity index (χ4n) is 2.44. The van der Waals surface area contributed by atoms with Crippen molar-refractivity contribution >= 4 is 0 Å². The summed E-state index contributed by atoms with van der Waals surface area (Å²) in [6, 6.07) is 9.37. The molecule has 2 rings (SSSR count). The van der Waals surface area contributed by atoms with Gasteiger partial charge >= 0.3 is 0 Å². The second-order valence-corrected chi connectivity index (χ2v) is 5.41. The van der Waals surface area contributed by atoms with Crippen molar-refractivity contribution < 1.29 is 0 Å². The Bertz CT molecular complexity index is 337. The van der Waals surface area contributed by atoms with Gasteiger partial charge in [0.2, 0.25) is 0 Å². The highest BCUT2D eigenvalue weighted by atomic mass is 14.9.